The zero-order valence-electron chi connectivity index (χ0n) is 12.5. The van der Waals surface area contributed by atoms with E-state index < -0.39 is 0 Å². The number of benzene rings is 2. The summed E-state index contributed by atoms with van der Waals surface area (Å²) < 4.78 is 0. The maximum Gasteiger partial charge on any atom is 0.0394 e. The highest BCUT2D eigenvalue weighted by Crippen LogP contribution is 2.55. The molecule has 2 aliphatic rings. The van der Waals surface area contributed by atoms with Gasteiger partial charge in [0.1, 0.15) is 0 Å². The van der Waals surface area contributed by atoms with Crippen LogP contribution in [0.2, 0.25) is 0 Å². The number of hydrogen-bond acceptors (Lipinski definition) is 0. The Morgan fingerprint density at radius 2 is 1.85 bits per heavy atom. The topological polar surface area (TPSA) is 0 Å². The summed E-state index contributed by atoms with van der Waals surface area (Å²) in [6, 6.07) is 11.6. The summed E-state index contributed by atoms with van der Waals surface area (Å²) in [5.74, 6) is 0. The van der Waals surface area contributed by atoms with Gasteiger partial charge in [0.15, 0.2) is 0 Å². The first-order valence-electron chi connectivity index (χ1n) is 7.59. The number of aryl methyl sites for hydroxylation is 2. The van der Waals surface area contributed by atoms with Crippen molar-refractivity contribution in [1.82, 2.24) is 0 Å². The van der Waals surface area contributed by atoms with Gasteiger partial charge in [-0.2, -0.15) is 0 Å². The van der Waals surface area contributed by atoms with Gasteiger partial charge in [-0.15, -0.1) is 0 Å². The third-order valence-electron chi connectivity index (χ3n) is 5.22. The second-order valence-electron chi connectivity index (χ2n) is 6.26. The Balaban J connectivity index is 2.17. The molecule has 0 heteroatoms. The van der Waals surface area contributed by atoms with Crippen LogP contribution in [-0.4, -0.2) is 0 Å². The van der Waals surface area contributed by atoms with Gasteiger partial charge in [0.05, 0.1) is 0 Å². The molecule has 0 N–H and O–H groups in total. The van der Waals surface area contributed by atoms with Gasteiger partial charge in [-0.1, -0.05) is 55.0 Å². The minimum absolute atomic E-state index is 0.121. The maximum absolute atomic E-state index is 2.46. The Bertz CT molecular complexity index is 749. The number of hydrogen-bond donors (Lipinski definition) is 0. The van der Waals surface area contributed by atoms with Gasteiger partial charge >= 0.3 is 0 Å². The third kappa shape index (κ3) is 1.27. The number of allylic oxidation sites excluding steroid dienone is 2. The van der Waals surface area contributed by atoms with Crippen molar-refractivity contribution < 1.29 is 0 Å². The molecule has 0 saturated heterocycles. The maximum atomic E-state index is 2.46. The van der Waals surface area contributed by atoms with Crippen molar-refractivity contribution in [3.8, 4) is 11.1 Å². The number of rotatable bonds is 1. The van der Waals surface area contributed by atoms with E-state index in [0.29, 0.717) is 0 Å². The van der Waals surface area contributed by atoms with E-state index in [-0.39, 0.29) is 5.41 Å². The molecule has 0 radical (unpaired) electrons. The second kappa shape index (κ2) is 3.85. The Morgan fingerprint density at radius 3 is 2.65 bits per heavy atom. The van der Waals surface area contributed by atoms with E-state index in [1.807, 2.05) is 0 Å². The molecular formula is C20H20. The molecule has 1 atom stereocenters. The van der Waals surface area contributed by atoms with Crippen molar-refractivity contribution in [2.24, 2.45) is 0 Å². The summed E-state index contributed by atoms with van der Waals surface area (Å²) >= 11 is 0. The first-order chi connectivity index (χ1) is 9.67. The predicted octanol–water partition coefficient (Wildman–Crippen LogP) is 5.09. The average molecular weight is 260 g/mol. The SMILES string of the molecule is CCC12C=CCc3c(C)ccc(c31)-c1ccc(C)cc12. The first-order valence-corrected chi connectivity index (χ1v) is 7.59. The molecule has 0 spiro atoms. The standard InChI is InChI=1S/C20H20/c1-4-20-11-5-6-15-14(3)8-10-17(19(15)20)16-9-7-13(2)12-18(16)20/h5,7-12H,4,6H2,1-3H3. The molecule has 20 heavy (non-hydrogen) atoms. The van der Waals surface area contributed by atoms with Crippen molar-refractivity contribution in [3.63, 3.8) is 0 Å². The summed E-state index contributed by atoms with van der Waals surface area (Å²) in [5, 5.41) is 0. The van der Waals surface area contributed by atoms with E-state index in [9.17, 15) is 0 Å². The minimum Gasteiger partial charge on any atom is -0.0829 e. The quantitative estimate of drug-likeness (QED) is 0.626. The molecule has 0 fully saturated rings. The van der Waals surface area contributed by atoms with Crippen LogP contribution in [0.4, 0.5) is 0 Å². The molecule has 0 aliphatic heterocycles. The van der Waals surface area contributed by atoms with Gasteiger partial charge in [-0.25, -0.2) is 0 Å². The van der Waals surface area contributed by atoms with E-state index in [1.165, 1.54) is 27.8 Å². The lowest BCUT2D eigenvalue weighted by molar-refractivity contribution is 0.616. The summed E-state index contributed by atoms with van der Waals surface area (Å²) in [7, 11) is 0. The van der Waals surface area contributed by atoms with Gasteiger partial charge in [-0.05, 0) is 60.1 Å². The van der Waals surface area contributed by atoms with Gasteiger partial charge in [0.25, 0.3) is 0 Å². The van der Waals surface area contributed by atoms with Gasteiger partial charge < -0.3 is 0 Å². The smallest absolute Gasteiger partial charge is 0.0394 e. The Kier molecular flexibility index (Phi) is 2.30. The van der Waals surface area contributed by atoms with Crippen molar-refractivity contribution in [2.45, 2.75) is 39.0 Å². The van der Waals surface area contributed by atoms with Crippen LogP contribution in [0.3, 0.4) is 0 Å². The Morgan fingerprint density at radius 1 is 1.05 bits per heavy atom. The predicted molar refractivity (Wildman–Crippen MR) is 85.3 cm³/mol. The minimum atomic E-state index is 0.121. The van der Waals surface area contributed by atoms with Crippen LogP contribution in [0.25, 0.3) is 11.1 Å². The molecule has 100 valence electrons. The molecule has 2 aromatic carbocycles. The van der Waals surface area contributed by atoms with Crippen LogP contribution in [-0.2, 0) is 11.8 Å². The molecule has 0 amide bonds. The second-order valence-corrected chi connectivity index (χ2v) is 6.26. The van der Waals surface area contributed by atoms with E-state index in [0.717, 1.165) is 12.8 Å². The largest absolute Gasteiger partial charge is 0.0829 e. The molecule has 0 aromatic heterocycles. The van der Waals surface area contributed by atoms with Gasteiger partial charge in [-0.3, -0.25) is 0 Å². The number of fused-ring (bicyclic) bond motifs is 3. The summed E-state index contributed by atoms with van der Waals surface area (Å²) in [4.78, 5) is 0. The normalized spacial score (nSPS) is 21.8. The highest BCUT2D eigenvalue weighted by atomic mass is 14.5. The lowest BCUT2D eigenvalue weighted by Gasteiger charge is -2.33. The summed E-state index contributed by atoms with van der Waals surface area (Å²) in [6.45, 7) is 6.78. The van der Waals surface area contributed by atoms with Crippen LogP contribution in [0.5, 0.6) is 0 Å². The van der Waals surface area contributed by atoms with Crippen LogP contribution >= 0.6 is 0 Å². The first kappa shape index (κ1) is 12.0. The lowest BCUT2D eigenvalue weighted by Crippen LogP contribution is -2.25. The Hall–Kier alpha value is -1.82. The lowest BCUT2D eigenvalue weighted by atomic mass is 9.70. The fourth-order valence-corrected chi connectivity index (χ4v) is 4.18. The van der Waals surface area contributed by atoms with Crippen molar-refractivity contribution in [2.75, 3.05) is 0 Å². The van der Waals surface area contributed by atoms with Crippen molar-refractivity contribution in [3.05, 3.63) is 70.3 Å². The molecule has 2 aliphatic carbocycles. The highest BCUT2D eigenvalue weighted by Gasteiger charge is 2.43. The zero-order chi connectivity index (χ0) is 13.9. The van der Waals surface area contributed by atoms with Crippen LogP contribution in [0, 0.1) is 13.8 Å². The van der Waals surface area contributed by atoms with Gasteiger partial charge in [0, 0.05) is 5.41 Å². The van der Waals surface area contributed by atoms with Crippen molar-refractivity contribution in [1.29, 1.82) is 0 Å². The molecule has 2 aromatic rings. The van der Waals surface area contributed by atoms with E-state index >= 15 is 0 Å². The fraction of sp³-hybridized carbons (Fsp3) is 0.300. The summed E-state index contributed by atoms with van der Waals surface area (Å²) in [5.41, 5.74) is 10.5. The molecule has 0 heterocycles. The summed E-state index contributed by atoms with van der Waals surface area (Å²) in [6.07, 6.45) is 7.07. The average Bonchev–Trinajstić information content (AvgIpc) is 2.75. The van der Waals surface area contributed by atoms with Crippen LogP contribution < -0.4 is 0 Å². The Labute approximate surface area is 121 Å². The third-order valence-corrected chi connectivity index (χ3v) is 5.22. The van der Waals surface area contributed by atoms with Crippen molar-refractivity contribution >= 4 is 0 Å². The monoisotopic (exact) mass is 260 g/mol. The molecular weight excluding hydrogens is 240 g/mol. The molecule has 0 bridgehead atoms. The highest BCUT2D eigenvalue weighted by molar-refractivity contribution is 5.85. The van der Waals surface area contributed by atoms with E-state index in [4.69, 9.17) is 0 Å². The fourth-order valence-electron chi connectivity index (χ4n) is 4.18. The van der Waals surface area contributed by atoms with Gasteiger partial charge in [0.2, 0.25) is 0 Å². The van der Waals surface area contributed by atoms with Crippen LogP contribution in [0.15, 0.2) is 42.5 Å². The molecule has 4 rings (SSSR count). The molecule has 1 unspecified atom stereocenters. The van der Waals surface area contributed by atoms with E-state index in [1.54, 1.807) is 11.1 Å². The van der Waals surface area contributed by atoms with Crippen LogP contribution in [0.1, 0.15) is 41.2 Å². The van der Waals surface area contributed by atoms with E-state index in [2.05, 4.69) is 63.3 Å². The molecule has 0 nitrogen and oxygen atoms in total. The molecule has 0 saturated carbocycles. The zero-order valence-corrected chi connectivity index (χ0v) is 12.5.